The van der Waals surface area contributed by atoms with Crippen LogP contribution in [0.15, 0.2) is 185 Å². The van der Waals surface area contributed by atoms with E-state index < -0.39 is 0 Å². The molecule has 0 saturated carbocycles. The van der Waals surface area contributed by atoms with Crippen LogP contribution in [0.2, 0.25) is 0 Å². The number of rotatable bonds is 3. The Morgan fingerprint density at radius 2 is 1.30 bits per heavy atom. The number of nitrogens with one attached hydrogen (secondary N) is 1. The molecule has 0 aliphatic carbocycles. The van der Waals surface area contributed by atoms with Gasteiger partial charge < -0.3 is 14.3 Å². The number of anilines is 1. The number of thiophene rings is 1. The first-order valence-corrected chi connectivity index (χ1v) is 19.5. The van der Waals surface area contributed by atoms with Crippen LogP contribution < -0.4 is 5.32 Å². The molecule has 11 aromatic rings. The molecule has 0 saturated heterocycles. The van der Waals surface area contributed by atoms with Gasteiger partial charge in [-0.15, -0.1) is 11.3 Å². The molecule has 4 heterocycles. The van der Waals surface area contributed by atoms with E-state index in [1.165, 1.54) is 41.7 Å². The SMILES string of the molecule is C=C(N=C(N=C1Nc2ccc3c4cc5ccccc5cc4n(c3c2)-c2c1ccc1oc3ccccc3c21)c1ccc2c(c1)sc1ccccc12)c1ccccc1. The summed E-state index contributed by atoms with van der Waals surface area (Å²) in [5.41, 5.74) is 9.25. The van der Waals surface area contributed by atoms with Gasteiger partial charge in [-0.2, -0.15) is 0 Å². The van der Waals surface area contributed by atoms with E-state index in [4.69, 9.17) is 14.4 Å². The average Bonchev–Trinajstić information content (AvgIpc) is 3.90. The van der Waals surface area contributed by atoms with Crippen molar-refractivity contribution in [3.05, 3.63) is 187 Å². The van der Waals surface area contributed by atoms with Crippen LogP contribution in [0.25, 0.3) is 86.1 Å². The van der Waals surface area contributed by atoms with Crippen molar-refractivity contribution in [3.8, 4) is 5.69 Å². The van der Waals surface area contributed by atoms with Crippen molar-refractivity contribution in [2.45, 2.75) is 0 Å². The Hall–Kier alpha value is -7.28. The van der Waals surface area contributed by atoms with Gasteiger partial charge in [-0.25, -0.2) is 9.98 Å². The van der Waals surface area contributed by atoms with Gasteiger partial charge in [-0.3, -0.25) is 0 Å². The summed E-state index contributed by atoms with van der Waals surface area (Å²) in [5, 5.41) is 13.1. The fourth-order valence-corrected chi connectivity index (χ4v) is 9.63. The van der Waals surface area contributed by atoms with Crippen molar-refractivity contribution in [1.82, 2.24) is 4.57 Å². The van der Waals surface area contributed by atoms with E-state index in [1.807, 2.05) is 42.5 Å². The van der Waals surface area contributed by atoms with Crippen LogP contribution in [0, 0.1) is 0 Å². The standard InChI is InChI=1S/C50H30N4OS/c1-29(30-11-3-2-4-12-30)51-49(33-19-21-37-36-15-8-10-18-45(36)56-46(37)27-33)53-50-39-23-24-44-47(38-16-7-9-17-43(38)55-44)48(39)54-41-26-32-14-6-5-13-31(32)25-40(41)35-22-20-34(52-50)28-42(35)54/h2-28H,1H2,(H,51,52,53). The van der Waals surface area contributed by atoms with Gasteiger partial charge in [0.1, 0.15) is 17.0 Å². The highest BCUT2D eigenvalue weighted by Gasteiger charge is 2.26. The molecule has 0 radical (unpaired) electrons. The van der Waals surface area contributed by atoms with Crippen LogP contribution in [0.1, 0.15) is 16.7 Å². The summed E-state index contributed by atoms with van der Waals surface area (Å²) in [7, 11) is 0. The largest absolute Gasteiger partial charge is 0.456 e. The van der Waals surface area contributed by atoms with Gasteiger partial charge >= 0.3 is 0 Å². The maximum atomic E-state index is 6.55. The highest BCUT2D eigenvalue weighted by Crippen LogP contribution is 2.43. The third-order valence-electron chi connectivity index (χ3n) is 11.1. The number of fused-ring (bicyclic) bond motifs is 14. The number of hydrogen-bond donors (Lipinski definition) is 1. The normalized spacial score (nSPS) is 13.7. The summed E-state index contributed by atoms with van der Waals surface area (Å²) >= 11 is 1.78. The number of para-hydroxylation sites is 1. The van der Waals surface area contributed by atoms with E-state index in [9.17, 15) is 0 Å². The lowest BCUT2D eigenvalue weighted by molar-refractivity contribution is 0.669. The van der Waals surface area contributed by atoms with Crippen LogP contribution in [-0.4, -0.2) is 16.2 Å². The minimum atomic E-state index is 0.564. The van der Waals surface area contributed by atoms with Crippen LogP contribution in [0.4, 0.5) is 5.69 Å². The number of nitrogens with zero attached hydrogens (tertiary/aromatic N) is 3. The van der Waals surface area contributed by atoms with Gasteiger partial charge in [0.2, 0.25) is 0 Å². The molecule has 1 aliphatic heterocycles. The Morgan fingerprint density at radius 1 is 0.571 bits per heavy atom. The summed E-state index contributed by atoms with van der Waals surface area (Å²) in [6, 6.07) is 57.5. The lowest BCUT2D eigenvalue weighted by Gasteiger charge is -2.21. The average molecular weight is 735 g/mol. The molecule has 56 heavy (non-hydrogen) atoms. The molecule has 2 bridgehead atoms. The van der Waals surface area contributed by atoms with Crippen LogP contribution in [0.5, 0.6) is 0 Å². The second kappa shape index (κ2) is 11.9. The zero-order valence-corrected chi connectivity index (χ0v) is 30.8. The molecule has 1 N–H and O–H groups in total. The molecule has 5 nitrogen and oxygen atoms in total. The maximum Gasteiger partial charge on any atom is 0.162 e. The molecule has 6 heteroatoms. The number of amidine groups is 2. The van der Waals surface area contributed by atoms with Crippen LogP contribution in [-0.2, 0) is 0 Å². The smallest absolute Gasteiger partial charge is 0.162 e. The fraction of sp³-hybridized carbons (Fsp3) is 0. The molecule has 1 aliphatic rings. The number of furan rings is 1. The van der Waals surface area contributed by atoms with Gasteiger partial charge in [0, 0.05) is 53.1 Å². The van der Waals surface area contributed by atoms with Crippen molar-refractivity contribution in [1.29, 1.82) is 0 Å². The minimum Gasteiger partial charge on any atom is -0.456 e. The lowest BCUT2D eigenvalue weighted by Crippen LogP contribution is -2.20. The van der Waals surface area contributed by atoms with Gasteiger partial charge in [-0.1, -0.05) is 116 Å². The molecule has 8 aromatic carbocycles. The van der Waals surface area contributed by atoms with Gasteiger partial charge in [0.15, 0.2) is 5.84 Å². The van der Waals surface area contributed by atoms with E-state index in [2.05, 4.69) is 138 Å². The van der Waals surface area contributed by atoms with Crippen molar-refractivity contribution in [3.63, 3.8) is 0 Å². The molecule has 0 atom stereocenters. The molecular weight excluding hydrogens is 705 g/mol. The fourth-order valence-electron chi connectivity index (χ4n) is 8.48. The van der Waals surface area contributed by atoms with Crippen molar-refractivity contribution < 1.29 is 4.42 Å². The quantitative estimate of drug-likeness (QED) is 0.145. The predicted molar refractivity (Wildman–Crippen MR) is 237 cm³/mol. The van der Waals surface area contributed by atoms with Gasteiger partial charge in [0.05, 0.1) is 27.8 Å². The van der Waals surface area contributed by atoms with Crippen LogP contribution >= 0.6 is 11.3 Å². The summed E-state index contributed by atoms with van der Waals surface area (Å²) in [6.07, 6.45) is 0. The molecule has 262 valence electrons. The van der Waals surface area contributed by atoms with Crippen molar-refractivity contribution in [2.75, 3.05) is 5.32 Å². The Kier molecular flexibility index (Phi) is 6.59. The number of hydrogen-bond acceptors (Lipinski definition) is 3. The van der Waals surface area contributed by atoms with Crippen molar-refractivity contribution >= 4 is 109 Å². The van der Waals surface area contributed by atoms with E-state index in [1.54, 1.807) is 11.3 Å². The molecule has 0 unspecified atom stereocenters. The van der Waals surface area contributed by atoms with Crippen LogP contribution in [0.3, 0.4) is 0 Å². The lowest BCUT2D eigenvalue weighted by atomic mass is 10.0. The van der Waals surface area contributed by atoms with E-state index in [0.717, 1.165) is 61.0 Å². The first kappa shape index (κ1) is 31.1. The second-order valence-electron chi connectivity index (χ2n) is 14.4. The topological polar surface area (TPSA) is 54.8 Å². The molecule has 3 aromatic heterocycles. The first-order valence-electron chi connectivity index (χ1n) is 18.7. The first-order chi connectivity index (χ1) is 27.6. The van der Waals surface area contributed by atoms with Gasteiger partial charge in [0.25, 0.3) is 0 Å². The number of aliphatic imine (C=N–C) groups is 2. The maximum absolute atomic E-state index is 6.55. The zero-order valence-electron chi connectivity index (χ0n) is 30.0. The molecule has 0 fully saturated rings. The van der Waals surface area contributed by atoms with E-state index in [0.29, 0.717) is 17.4 Å². The molecule has 0 spiro atoms. The number of benzene rings is 8. The Bertz CT molecular complexity index is 3530. The third kappa shape index (κ3) is 4.66. The summed E-state index contributed by atoms with van der Waals surface area (Å²) in [5.74, 6) is 1.24. The summed E-state index contributed by atoms with van der Waals surface area (Å²) in [4.78, 5) is 10.8. The summed E-state index contributed by atoms with van der Waals surface area (Å²) < 4.78 is 11.4. The summed E-state index contributed by atoms with van der Waals surface area (Å²) in [6.45, 7) is 4.43. The Morgan fingerprint density at radius 3 is 2.20 bits per heavy atom. The van der Waals surface area contributed by atoms with Crippen molar-refractivity contribution in [2.24, 2.45) is 9.98 Å². The third-order valence-corrected chi connectivity index (χ3v) is 12.2. The van der Waals surface area contributed by atoms with Gasteiger partial charge in [-0.05, 0) is 70.9 Å². The molecule has 0 amide bonds. The van der Waals surface area contributed by atoms with E-state index in [-0.39, 0.29) is 0 Å². The predicted octanol–water partition coefficient (Wildman–Crippen LogP) is 13.5. The highest BCUT2D eigenvalue weighted by atomic mass is 32.1. The monoisotopic (exact) mass is 734 g/mol. The second-order valence-corrected chi connectivity index (χ2v) is 15.4. The van der Waals surface area contributed by atoms with E-state index >= 15 is 0 Å². The minimum absolute atomic E-state index is 0.564. The Labute approximate surface area is 324 Å². The Balaban J connectivity index is 1.17. The zero-order chi connectivity index (χ0) is 36.9. The number of aromatic nitrogens is 1. The molecule has 12 rings (SSSR count). The molecular formula is C50H30N4OS. The highest BCUT2D eigenvalue weighted by molar-refractivity contribution is 7.25.